The fraction of sp³-hybridized carbons (Fsp3) is 1.00. The van der Waals surface area contributed by atoms with Crippen LogP contribution in [0.1, 0.15) is 64.2 Å². The number of hydrogen-bond donors (Lipinski definition) is 1. The minimum Gasteiger partial charge on any atom is -0.314 e. The second kappa shape index (κ2) is 5.92. The first-order valence-electron chi connectivity index (χ1n) is 8.35. The van der Waals surface area contributed by atoms with Crippen LogP contribution in [0.15, 0.2) is 0 Å². The molecule has 1 N–H and O–H groups in total. The fourth-order valence-corrected chi connectivity index (χ4v) is 4.55. The lowest BCUT2D eigenvalue weighted by atomic mass is 9.78. The van der Waals surface area contributed by atoms with Crippen LogP contribution in [0.25, 0.3) is 0 Å². The topological polar surface area (TPSA) is 15.3 Å². The summed E-state index contributed by atoms with van der Waals surface area (Å²) in [6.45, 7) is 5.19. The van der Waals surface area contributed by atoms with E-state index < -0.39 is 0 Å². The monoisotopic (exact) mass is 250 g/mol. The lowest BCUT2D eigenvalue weighted by Crippen LogP contribution is -2.62. The number of nitrogens with one attached hydrogen (secondary N) is 1. The molecule has 2 heteroatoms. The van der Waals surface area contributed by atoms with Gasteiger partial charge in [-0.2, -0.15) is 0 Å². The summed E-state index contributed by atoms with van der Waals surface area (Å²) in [6, 6.07) is 0. The molecule has 1 spiro atoms. The standard InChI is InChI=1S/C16H30N2/c1-3-7-15(8-4-1)13-18-12-11-17-14-16(18)9-5-2-6-10-16/h15,17H,1-14H2. The van der Waals surface area contributed by atoms with Gasteiger partial charge < -0.3 is 5.32 Å². The van der Waals surface area contributed by atoms with Gasteiger partial charge in [0.15, 0.2) is 0 Å². The third-order valence-corrected chi connectivity index (χ3v) is 5.67. The van der Waals surface area contributed by atoms with Crippen molar-refractivity contribution < 1.29 is 0 Å². The van der Waals surface area contributed by atoms with Crippen LogP contribution < -0.4 is 5.32 Å². The molecule has 1 aliphatic heterocycles. The molecule has 0 amide bonds. The van der Waals surface area contributed by atoms with Gasteiger partial charge in [-0.1, -0.05) is 38.5 Å². The van der Waals surface area contributed by atoms with Crippen molar-refractivity contribution in [2.45, 2.75) is 69.7 Å². The van der Waals surface area contributed by atoms with E-state index in [0.717, 1.165) is 5.92 Å². The van der Waals surface area contributed by atoms with Crippen molar-refractivity contribution in [2.24, 2.45) is 5.92 Å². The highest BCUT2D eigenvalue weighted by Crippen LogP contribution is 2.36. The van der Waals surface area contributed by atoms with Crippen molar-refractivity contribution in [3.63, 3.8) is 0 Å². The zero-order chi connectivity index (χ0) is 12.3. The van der Waals surface area contributed by atoms with Gasteiger partial charge in [-0.15, -0.1) is 0 Å². The Morgan fingerprint density at radius 1 is 0.944 bits per heavy atom. The Kier molecular flexibility index (Phi) is 4.25. The van der Waals surface area contributed by atoms with Crippen molar-refractivity contribution in [2.75, 3.05) is 26.2 Å². The summed E-state index contributed by atoms with van der Waals surface area (Å²) in [5.41, 5.74) is 0.550. The van der Waals surface area contributed by atoms with Crippen LogP contribution >= 0.6 is 0 Å². The van der Waals surface area contributed by atoms with Gasteiger partial charge in [0.2, 0.25) is 0 Å². The van der Waals surface area contributed by atoms with Crippen LogP contribution in [0.5, 0.6) is 0 Å². The summed E-state index contributed by atoms with van der Waals surface area (Å²) in [7, 11) is 0. The molecule has 0 radical (unpaired) electrons. The second-order valence-electron chi connectivity index (χ2n) is 6.91. The molecule has 1 heterocycles. The maximum absolute atomic E-state index is 3.67. The van der Waals surface area contributed by atoms with E-state index in [9.17, 15) is 0 Å². The van der Waals surface area contributed by atoms with Gasteiger partial charge >= 0.3 is 0 Å². The van der Waals surface area contributed by atoms with Gasteiger partial charge in [-0.3, -0.25) is 4.90 Å². The minimum atomic E-state index is 0.550. The normalized spacial score (nSPS) is 30.7. The first-order valence-corrected chi connectivity index (χ1v) is 8.35. The smallest absolute Gasteiger partial charge is 0.0334 e. The fourth-order valence-electron chi connectivity index (χ4n) is 4.55. The SMILES string of the molecule is C1CCC(CN2CCNCC23CCCCC3)CC1. The van der Waals surface area contributed by atoms with Gasteiger partial charge in [0.05, 0.1) is 0 Å². The molecule has 0 atom stereocenters. The van der Waals surface area contributed by atoms with Crippen LogP contribution in [-0.2, 0) is 0 Å². The molecule has 0 aromatic heterocycles. The average Bonchev–Trinajstić information content (AvgIpc) is 2.44. The number of rotatable bonds is 2. The zero-order valence-corrected chi connectivity index (χ0v) is 11.9. The summed E-state index contributed by atoms with van der Waals surface area (Å²) >= 11 is 0. The van der Waals surface area contributed by atoms with E-state index in [1.807, 2.05) is 0 Å². The van der Waals surface area contributed by atoms with E-state index in [1.165, 1.54) is 90.4 Å². The Bertz CT molecular complexity index is 244. The molecule has 2 nitrogen and oxygen atoms in total. The van der Waals surface area contributed by atoms with E-state index >= 15 is 0 Å². The molecule has 2 saturated carbocycles. The number of piperazine rings is 1. The third-order valence-electron chi connectivity index (χ3n) is 5.67. The second-order valence-corrected chi connectivity index (χ2v) is 6.91. The van der Waals surface area contributed by atoms with Gasteiger partial charge in [0.25, 0.3) is 0 Å². The van der Waals surface area contributed by atoms with Crippen molar-refractivity contribution in [3.05, 3.63) is 0 Å². The highest BCUT2D eigenvalue weighted by molar-refractivity contribution is 4.98. The van der Waals surface area contributed by atoms with E-state index in [4.69, 9.17) is 0 Å². The van der Waals surface area contributed by atoms with Crippen LogP contribution in [0.2, 0.25) is 0 Å². The van der Waals surface area contributed by atoms with Crippen LogP contribution in [-0.4, -0.2) is 36.6 Å². The summed E-state index contributed by atoms with van der Waals surface area (Å²) in [6.07, 6.45) is 14.8. The molecule has 3 rings (SSSR count). The van der Waals surface area contributed by atoms with Crippen LogP contribution in [0, 0.1) is 5.92 Å². The Balaban J connectivity index is 1.63. The molecule has 0 unspecified atom stereocenters. The Hall–Kier alpha value is -0.0800. The minimum absolute atomic E-state index is 0.550. The quantitative estimate of drug-likeness (QED) is 0.810. The first kappa shape index (κ1) is 12.9. The summed E-state index contributed by atoms with van der Waals surface area (Å²) in [5, 5.41) is 3.67. The van der Waals surface area contributed by atoms with E-state index in [-0.39, 0.29) is 0 Å². The molecule has 0 aromatic rings. The van der Waals surface area contributed by atoms with Crippen LogP contribution in [0.4, 0.5) is 0 Å². The van der Waals surface area contributed by atoms with E-state index in [1.54, 1.807) is 0 Å². The highest BCUT2D eigenvalue weighted by atomic mass is 15.3. The number of hydrogen-bond acceptors (Lipinski definition) is 2. The number of nitrogens with zero attached hydrogens (tertiary/aromatic N) is 1. The van der Waals surface area contributed by atoms with Gasteiger partial charge in [-0.25, -0.2) is 0 Å². The molecule has 3 aliphatic rings. The Morgan fingerprint density at radius 2 is 1.67 bits per heavy atom. The zero-order valence-electron chi connectivity index (χ0n) is 11.9. The molecular weight excluding hydrogens is 220 g/mol. The van der Waals surface area contributed by atoms with Crippen LogP contribution in [0.3, 0.4) is 0 Å². The Morgan fingerprint density at radius 3 is 2.44 bits per heavy atom. The summed E-state index contributed by atoms with van der Waals surface area (Å²) in [4.78, 5) is 2.90. The maximum atomic E-state index is 3.67. The van der Waals surface area contributed by atoms with Crippen molar-refractivity contribution >= 4 is 0 Å². The molecule has 0 bridgehead atoms. The largest absolute Gasteiger partial charge is 0.314 e. The lowest BCUT2D eigenvalue weighted by Gasteiger charge is -2.51. The molecule has 104 valence electrons. The third kappa shape index (κ3) is 2.75. The predicted molar refractivity (Wildman–Crippen MR) is 76.8 cm³/mol. The Labute approximate surface area is 113 Å². The van der Waals surface area contributed by atoms with Gasteiger partial charge in [0, 0.05) is 31.7 Å². The molecule has 0 aromatic carbocycles. The van der Waals surface area contributed by atoms with Crippen molar-refractivity contribution in [1.29, 1.82) is 0 Å². The molecule has 3 fully saturated rings. The van der Waals surface area contributed by atoms with Gasteiger partial charge in [-0.05, 0) is 31.6 Å². The van der Waals surface area contributed by atoms with Gasteiger partial charge in [0.1, 0.15) is 0 Å². The van der Waals surface area contributed by atoms with E-state index in [2.05, 4.69) is 10.2 Å². The molecule has 18 heavy (non-hydrogen) atoms. The van der Waals surface area contributed by atoms with E-state index in [0.29, 0.717) is 5.54 Å². The van der Waals surface area contributed by atoms with Crippen molar-refractivity contribution in [3.8, 4) is 0 Å². The average molecular weight is 250 g/mol. The highest BCUT2D eigenvalue weighted by Gasteiger charge is 2.40. The molecule has 2 aliphatic carbocycles. The summed E-state index contributed by atoms with van der Waals surface area (Å²) in [5.74, 6) is 1.01. The predicted octanol–water partition coefficient (Wildman–Crippen LogP) is 3.17. The molecule has 1 saturated heterocycles. The molecular formula is C16H30N2. The lowest BCUT2D eigenvalue weighted by molar-refractivity contribution is 0.0110. The van der Waals surface area contributed by atoms with Crippen molar-refractivity contribution in [1.82, 2.24) is 10.2 Å². The first-order chi connectivity index (χ1) is 8.89. The summed E-state index contributed by atoms with van der Waals surface area (Å²) < 4.78 is 0. The maximum Gasteiger partial charge on any atom is 0.0334 e.